The van der Waals surface area contributed by atoms with Crippen LogP contribution in [0.25, 0.3) is 0 Å². The van der Waals surface area contributed by atoms with Crippen molar-refractivity contribution in [3.63, 3.8) is 0 Å². The molecule has 0 atom stereocenters. The first-order valence-electron chi connectivity index (χ1n) is 7.50. The van der Waals surface area contributed by atoms with Gasteiger partial charge < -0.3 is 10.1 Å². The Morgan fingerprint density at radius 2 is 1.72 bits per heavy atom. The zero-order chi connectivity index (χ0) is 18.6. The number of rotatable bonds is 3. The van der Waals surface area contributed by atoms with Crippen molar-refractivity contribution in [2.45, 2.75) is 26.4 Å². The Hall–Kier alpha value is -2.60. The minimum atomic E-state index is -0.624. The third-order valence-corrected chi connectivity index (χ3v) is 3.24. The highest BCUT2D eigenvalue weighted by molar-refractivity contribution is 6.31. The lowest BCUT2D eigenvalue weighted by atomic mass is 10.2. The molecule has 0 unspecified atom stereocenters. The maximum atomic E-state index is 13.2. The molecule has 0 saturated heterocycles. The van der Waals surface area contributed by atoms with E-state index in [2.05, 4.69) is 10.6 Å². The minimum absolute atomic E-state index is 0.0851. The summed E-state index contributed by atoms with van der Waals surface area (Å²) in [5, 5.41) is 5.09. The summed E-state index contributed by atoms with van der Waals surface area (Å²) in [6, 6.07) is 10.2. The normalized spacial score (nSPS) is 10.9. The van der Waals surface area contributed by atoms with Crippen molar-refractivity contribution >= 4 is 35.0 Å². The molecule has 0 bridgehead atoms. The number of carbonyl (C=O) groups excluding carboxylic acids is 2. The van der Waals surface area contributed by atoms with E-state index in [0.717, 1.165) is 0 Å². The lowest BCUT2D eigenvalue weighted by molar-refractivity contribution is 0.0635. The average Bonchev–Trinajstić information content (AvgIpc) is 2.49. The molecule has 0 saturated carbocycles. The molecule has 2 rings (SSSR count). The second-order valence-corrected chi connectivity index (χ2v) is 6.70. The third kappa shape index (κ3) is 5.76. The largest absolute Gasteiger partial charge is 0.444 e. The van der Waals surface area contributed by atoms with Crippen molar-refractivity contribution in [2.75, 3.05) is 10.6 Å². The third-order valence-electron chi connectivity index (χ3n) is 2.95. The van der Waals surface area contributed by atoms with E-state index in [-0.39, 0.29) is 5.02 Å². The summed E-state index contributed by atoms with van der Waals surface area (Å²) in [7, 11) is 0. The van der Waals surface area contributed by atoms with Crippen LogP contribution in [0.4, 0.5) is 20.6 Å². The Bertz CT molecular complexity index is 803. The molecule has 5 nitrogen and oxygen atoms in total. The van der Waals surface area contributed by atoms with Crippen LogP contribution >= 0.6 is 11.6 Å². The van der Waals surface area contributed by atoms with Gasteiger partial charge in [0.15, 0.2) is 0 Å². The molecule has 0 spiro atoms. The van der Waals surface area contributed by atoms with Crippen LogP contribution in [-0.2, 0) is 4.74 Å². The van der Waals surface area contributed by atoms with Crippen molar-refractivity contribution in [1.82, 2.24) is 0 Å². The van der Waals surface area contributed by atoms with Crippen molar-refractivity contribution in [2.24, 2.45) is 0 Å². The first kappa shape index (κ1) is 18.7. The number of carbonyl (C=O) groups is 2. The number of ether oxygens (including phenoxy) is 1. The van der Waals surface area contributed by atoms with Gasteiger partial charge in [0.2, 0.25) is 0 Å². The maximum absolute atomic E-state index is 13.2. The Kier molecular flexibility index (Phi) is 5.64. The molecule has 0 aliphatic heterocycles. The van der Waals surface area contributed by atoms with Gasteiger partial charge in [-0.05, 0) is 57.2 Å². The standard InChI is InChI=1S/C18H18ClFN2O3/c1-18(2,3)25-17(24)22-12-6-4-5-11(9-12)16(23)21-13-7-8-15(20)14(19)10-13/h4-10H,1-3H3,(H,21,23)(H,22,24). The highest BCUT2D eigenvalue weighted by Gasteiger charge is 2.16. The number of hydrogen-bond acceptors (Lipinski definition) is 3. The number of anilines is 2. The topological polar surface area (TPSA) is 67.4 Å². The van der Waals surface area contributed by atoms with Gasteiger partial charge in [0.05, 0.1) is 5.02 Å². The summed E-state index contributed by atoms with van der Waals surface area (Å²) in [5.41, 5.74) is 0.468. The molecule has 2 N–H and O–H groups in total. The van der Waals surface area contributed by atoms with Crippen molar-refractivity contribution in [3.05, 3.63) is 58.9 Å². The van der Waals surface area contributed by atoms with Crippen LogP contribution < -0.4 is 10.6 Å². The Morgan fingerprint density at radius 1 is 1.04 bits per heavy atom. The summed E-state index contributed by atoms with van der Waals surface area (Å²) < 4.78 is 18.3. The zero-order valence-electron chi connectivity index (χ0n) is 14.0. The van der Waals surface area contributed by atoms with E-state index in [1.165, 1.54) is 24.3 Å². The molecular weight excluding hydrogens is 347 g/mol. The van der Waals surface area contributed by atoms with Crippen LogP contribution in [0.2, 0.25) is 5.02 Å². The first-order chi connectivity index (χ1) is 11.6. The number of halogens is 2. The Balaban J connectivity index is 2.08. The summed E-state index contributed by atoms with van der Waals surface area (Å²) in [4.78, 5) is 24.1. The Labute approximate surface area is 150 Å². The molecule has 132 valence electrons. The van der Waals surface area contributed by atoms with Gasteiger partial charge in [-0.3, -0.25) is 10.1 Å². The van der Waals surface area contributed by atoms with E-state index in [1.807, 2.05) is 0 Å². The lowest BCUT2D eigenvalue weighted by Gasteiger charge is -2.19. The molecule has 2 aromatic rings. The summed E-state index contributed by atoms with van der Waals surface area (Å²) in [6.07, 6.45) is -0.615. The van der Waals surface area contributed by atoms with E-state index < -0.39 is 23.4 Å². The van der Waals surface area contributed by atoms with Crippen LogP contribution in [0.1, 0.15) is 31.1 Å². The summed E-state index contributed by atoms with van der Waals surface area (Å²) >= 11 is 5.69. The van der Waals surface area contributed by atoms with Crippen LogP contribution in [0.5, 0.6) is 0 Å². The fraction of sp³-hybridized carbons (Fsp3) is 0.222. The van der Waals surface area contributed by atoms with Gasteiger partial charge in [-0.15, -0.1) is 0 Å². The van der Waals surface area contributed by atoms with Crippen molar-refractivity contribution in [1.29, 1.82) is 0 Å². The van der Waals surface area contributed by atoms with Crippen LogP contribution in [0.15, 0.2) is 42.5 Å². The van der Waals surface area contributed by atoms with Gasteiger partial charge in [-0.1, -0.05) is 17.7 Å². The Morgan fingerprint density at radius 3 is 2.36 bits per heavy atom. The molecule has 0 aliphatic carbocycles. The van der Waals surface area contributed by atoms with Crippen LogP contribution in [0.3, 0.4) is 0 Å². The predicted octanol–water partition coefficient (Wildman–Crippen LogP) is 5.08. The van der Waals surface area contributed by atoms with Crippen molar-refractivity contribution < 1.29 is 18.7 Å². The van der Waals surface area contributed by atoms with E-state index in [9.17, 15) is 14.0 Å². The number of hydrogen-bond donors (Lipinski definition) is 2. The minimum Gasteiger partial charge on any atom is -0.444 e. The van der Waals surface area contributed by atoms with Gasteiger partial charge in [0.1, 0.15) is 11.4 Å². The molecule has 2 aromatic carbocycles. The van der Waals surface area contributed by atoms with E-state index in [1.54, 1.807) is 39.0 Å². The molecule has 2 amide bonds. The predicted molar refractivity (Wildman–Crippen MR) is 95.7 cm³/mol. The summed E-state index contributed by atoms with van der Waals surface area (Å²) in [6.45, 7) is 5.26. The van der Waals surface area contributed by atoms with Gasteiger partial charge >= 0.3 is 6.09 Å². The van der Waals surface area contributed by atoms with E-state index >= 15 is 0 Å². The van der Waals surface area contributed by atoms with E-state index in [0.29, 0.717) is 16.9 Å². The molecule has 25 heavy (non-hydrogen) atoms. The van der Waals surface area contributed by atoms with Crippen LogP contribution in [-0.4, -0.2) is 17.6 Å². The molecule has 7 heteroatoms. The molecule has 0 aliphatic rings. The highest BCUT2D eigenvalue weighted by Crippen LogP contribution is 2.20. The zero-order valence-corrected chi connectivity index (χ0v) is 14.8. The van der Waals surface area contributed by atoms with Gasteiger partial charge in [0.25, 0.3) is 5.91 Å². The SMILES string of the molecule is CC(C)(C)OC(=O)Nc1cccc(C(=O)Nc2ccc(F)c(Cl)c2)c1. The molecule has 0 radical (unpaired) electrons. The van der Waals surface area contributed by atoms with Gasteiger partial charge in [-0.2, -0.15) is 0 Å². The molecular formula is C18H18ClFN2O3. The lowest BCUT2D eigenvalue weighted by Crippen LogP contribution is -2.27. The number of benzene rings is 2. The number of nitrogens with one attached hydrogen (secondary N) is 2. The number of amides is 2. The fourth-order valence-electron chi connectivity index (χ4n) is 1.94. The van der Waals surface area contributed by atoms with Crippen LogP contribution in [0, 0.1) is 5.82 Å². The second-order valence-electron chi connectivity index (χ2n) is 6.29. The fourth-order valence-corrected chi connectivity index (χ4v) is 2.12. The highest BCUT2D eigenvalue weighted by atomic mass is 35.5. The first-order valence-corrected chi connectivity index (χ1v) is 7.88. The quantitative estimate of drug-likeness (QED) is 0.798. The smallest absolute Gasteiger partial charge is 0.412 e. The average molecular weight is 365 g/mol. The van der Waals surface area contributed by atoms with Crippen molar-refractivity contribution in [3.8, 4) is 0 Å². The summed E-state index contributed by atoms with van der Waals surface area (Å²) in [5.74, 6) is -0.987. The second kappa shape index (κ2) is 7.53. The van der Waals surface area contributed by atoms with E-state index in [4.69, 9.17) is 16.3 Å². The maximum Gasteiger partial charge on any atom is 0.412 e. The molecule has 0 fully saturated rings. The molecule has 0 heterocycles. The molecule has 0 aromatic heterocycles. The monoisotopic (exact) mass is 364 g/mol. The van der Waals surface area contributed by atoms with Gasteiger partial charge in [-0.25, -0.2) is 9.18 Å². The van der Waals surface area contributed by atoms with Gasteiger partial charge in [0, 0.05) is 16.9 Å².